The van der Waals surface area contributed by atoms with Crippen LogP contribution in [0.4, 0.5) is 15.8 Å². The molecule has 0 aromatic heterocycles. The smallest absolute Gasteiger partial charge is 0.170 e. The highest BCUT2D eigenvalue weighted by Gasteiger charge is 2.24. The van der Waals surface area contributed by atoms with Gasteiger partial charge in [0.05, 0.1) is 5.69 Å². The summed E-state index contributed by atoms with van der Waals surface area (Å²) in [6.07, 6.45) is 2.07. The molecule has 0 aliphatic carbocycles. The molecule has 3 nitrogen and oxygen atoms in total. The van der Waals surface area contributed by atoms with Crippen molar-refractivity contribution in [2.75, 3.05) is 23.3 Å². The zero-order chi connectivity index (χ0) is 17.8. The van der Waals surface area contributed by atoms with Crippen molar-refractivity contribution in [2.45, 2.75) is 25.8 Å². The molecule has 1 heterocycles. The van der Waals surface area contributed by atoms with Gasteiger partial charge in [-0.2, -0.15) is 0 Å². The second-order valence-corrected chi connectivity index (χ2v) is 7.56. The minimum atomic E-state index is -0.332. The summed E-state index contributed by atoms with van der Waals surface area (Å²) in [7, 11) is 0. The van der Waals surface area contributed by atoms with Gasteiger partial charge in [-0.25, -0.2) is 4.39 Å². The van der Waals surface area contributed by atoms with Crippen molar-refractivity contribution >= 4 is 44.6 Å². The van der Waals surface area contributed by atoms with Crippen LogP contribution in [-0.4, -0.2) is 24.2 Å². The van der Waals surface area contributed by atoms with Gasteiger partial charge in [-0.3, -0.25) is 0 Å². The Morgan fingerprint density at radius 2 is 2.12 bits per heavy atom. The van der Waals surface area contributed by atoms with Crippen LogP contribution in [0.15, 0.2) is 46.9 Å². The van der Waals surface area contributed by atoms with Crippen LogP contribution in [0, 0.1) is 5.82 Å². The molecule has 6 heteroatoms. The molecule has 3 rings (SSSR count). The SMILES string of the molecule is C[C@H]1Cc2ccccc2N1CCCNC(=S)Nc1ccc(Br)cc1F. The zero-order valence-corrected chi connectivity index (χ0v) is 16.5. The van der Waals surface area contributed by atoms with Crippen LogP contribution < -0.4 is 15.5 Å². The van der Waals surface area contributed by atoms with Gasteiger partial charge < -0.3 is 15.5 Å². The molecule has 0 bridgehead atoms. The van der Waals surface area contributed by atoms with Crippen molar-refractivity contribution in [1.29, 1.82) is 0 Å². The number of halogens is 2. The number of fused-ring (bicyclic) bond motifs is 1. The number of benzene rings is 2. The van der Waals surface area contributed by atoms with Crippen molar-refractivity contribution < 1.29 is 4.39 Å². The average molecular weight is 422 g/mol. The van der Waals surface area contributed by atoms with E-state index < -0.39 is 0 Å². The Morgan fingerprint density at radius 1 is 1.32 bits per heavy atom. The molecule has 2 aromatic carbocycles. The Hall–Kier alpha value is -1.66. The first kappa shape index (κ1) is 18.1. The summed E-state index contributed by atoms with van der Waals surface area (Å²) in [4.78, 5) is 2.45. The van der Waals surface area contributed by atoms with E-state index in [-0.39, 0.29) is 5.82 Å². The number of hydrogen-bond donors (Lipinski definition) is 2. The van der Waals surface area contributed by atoms with Gasteiger partial charge in [0.25, 0.3) is 0 Å². The monoisotopic (exact) mass is 421 g/mol. The van der Waals surface area contributed by atoms with Crippen molar-refractivity contribution in [3.63, 3.8) is 0 Å². The van der Waals surface area contributed by atoms with Crippen molar-refractivity contribution in [2.24, 2.45) is 0 Å². The van der Waals surface area contributed by atoms with Gasteiger partial charge in [0, 0.05) is 29.3 Å². The molecule has 0 fully saturated rings. The molecule has 0 amide bonds. The van der Waals surface area contributed by atoms with Crippen molar-refractivity contribution in [3.05, 3.63) is 58.3 Å². The quantitative estimate of drug-likeness (QED) is 0.539. The van der Waals surface area contributed by atoms with Gasteiger partial charge in [0.2, 0.25) is 0 Å². The lowest BCUT2D eigenvalue weighted by atomic mass is 10.1. The summed E-state index contributed by atoms with van der Waals surface area (Å²) in [6.45, 7) is 3.98. The largest absolute Gasteiger partial charge is 0.368 e. The third-order valence-corrected chi connectivity index (χ3v) is 5.13. The molecule has 0 saturated heterocycles. The average Bonchev–Trinajstić information content (AvgIpc) is 2.90. The minimum Gasteiger partial charge on any atom is -0.368 e. The summed E-state index contributed by atoms with van der Waals surface area (Å²) in [5, 5.41) is 6.49. The van der Waals surface area contributed by atoms with Gasteiger partial charge in [-0.15, -0.1) is 0 Å². The number of para-hydroxylation sites is 1. The van der Waals surface area contributed by atoms with Crippen LogP contribution in [0.3, 0.4) is 0 Å². The Bertz CT molecular complexity index is 768. The Labute approximate surface area is 161 Å². The van der Waals surface area contributed by atoms with Crippen LogP contribution in [0.2, 0.25) is 0 Å². The first-order valence-electron chi connectivity index (χ1n) is 8.39. The van der Waals surface area contributed by atoms with E-state index in [0.29, 0.717) is 21.3 Å². The van der Waals surface area contributed by atoms with Crippen molar-refractivity contribution in [3.8, 4) is 0 Å². The maximum Gasteiger partial charge on any atom is 0.170 e. The molecule has 1 aliphatic heterocycles. The van der Waals surface area contributed by atoms with E-state index in [0.717, 1.165) is 25.9 Å². The lowest BCUT2D eigenvalue weighted by Crippen LogP contribution is -2.34. The highest BCUT2D eigenvalue weighted by atomic mass is 79.9. The number of hydrogen-bond acceptors (Lipinski definition) is 2. The first-order valence-corrected chi connectivity index (χ1v) is 9.59. The van der Waals surface area contributed by atoms with E-state index in [1.807, 2.05) is 0 Å². The number of thiocarbonyl (C=S) groups is 1. The van der Waals surface area contributed by atoms with Crippen LogP contribution >= 0.6 is 28.1 Å². The fraction of sp³-hybridized carbons (Fsp3) is 0.316. The summed E-state index contributed by atoms with van der Waals surface area (Å²) < 4.78 is 14.5. The predicted octanol–water partition coefficient (Wildman–Crippen LogP) is 4.72. The van der Waals surface area contributed by atoms with E-state index in [9.17, 15) is 4.39 Å². The normalized spacial score (nSPS) is 15.8. The Kier molecular flexibility index (Phi) is 5.91. The summed E-state index contributed by atoms with van der Waals surface area (Å²) >= 11 is 8.49. The standard InChI is InChI=1S/C19H21BrFN3S/c1-13-11-14-5-2-3-6-18(14)24(13)10-4-9-22-19(25)23-17-8-7-15(20)12-16(17)21/h2-3,5-8,12-13H,4,9-11H2,1H3,(H2,22,23,25)/t13-/m0/s1. The minimum absolute atomic E-state index is 0.332. The Morgan fingerprint density at radius 3 is 2.92 bits per heavy atom. The topological polar surface area (TPSA) is 27.3 Å². The second-order valence-electron chi connectivity index (χ2n) is 6.23. The molecule has 132 valence electrons. The maximum absolute atomic E-state index is 13.8. The van der Waals surface area contributed by atoms with Crippen LogP contribution in [0.1, 0.15) is 18.9 Å². The molecule has 0 saturated carbocycles. The van der Waals surface area contributed by atoms with Gasteiger partial charge >= 0.3 is 0 Å². The molecular weight excluding hydrogens is 401 g/mol. The lowest BCUT2D eigenvalue weighted by Gasteiger charge is -2.25. The van der Waals surface area contributed by atoms with Crippen LogP contribution in [0.5, 0.6) is 0 Å². The molecule has 1 atom stereocenters. The van der Waals surface area contributed by atoms with Gasteiger partial charge in [0.1, 0.15) is 5.82 Å². The molecule has 0 radical (unpaired) electrons. The van der Waals surface area contributed by atoms with Crippen LogP contribution in [0.25, 0.3) is 0 Å². The van der Waals surface area contributed by atoms with Crippen molar-refractivity contribution in [1.82, 2.24) is 5.32 Å². The third-order valence-electron chi connectivity index (χ3n) is 4.39. The van der Waals surface area contributed by atoms with Crippen LogP contribution in [-0.2, 0) is 6.42 Å². The van der Waals surface area contributed by atoms with E-state index >= 15 is 0 Å². The molecule has 25 heavy (non-hydrogen) atoms. The van der Waals surface area contributed by atoms with E-state index in [2.05, 4.69) is 62.7 Å². The summed E-state index contributed by atoms with van der Waals surface area (Å²) in [6, 6.07) is 14.0. The van der Waals surface area contributed by atoms with E-state index in [4.69, 9.17) is 12.2 Å². The van der Waals surface area contributed by atoms with E-state index in [1.165, 1.54) is 17.3 Å². The molecular formula is C19H21BrFN3S. The highest BCUT2D eigenvalue weighted by molar-refractivity contribution is 9.10. The molecule has 2 N–H and O–H groups in total. The summed E-state index contributed by atoms with van der Waals surface area (Å²) in [5.41, 5.74) is 3.14. The number of rotatable bonds is 5. The molecule has 1 aliphatic rings. The number of nitrogens with zero attached hydrogens (tertiary/aromatic N) is 1. The zero-order valence-electron chi connectivity index (χ0n) is 14.1. The van der Waals surface area contributed by atoms with Gasteiger partial charge in [-0.05, 0) is 61.8 Å². The lowest BCUT2D eigenvalue weighted by molar-refractivity contribution is 0.630. The number of anilines is 2. The molecule has 0 spiro atoms. The van der Waals surface area contributed by atoms with E-state index in [1.54, 1.807) is 12.1 Å². The fourth-order valence-corrected chi connectivity index (χ4v) is 3.72. The second kappa shape index (κ2) is 8.15. The Balaban J connectivity index is 1.45. The summed E-state index contributed by atoms with van der Waals surface area (Å²) in [5.74, 6) is -0.332. The predicted molar refractivity (Wildman–Crippen MR) is 110 cm³/mol. The van der Waals surface area contributed by atoms with Gasteiger partial charge in [0.15, 0.2) is 5.11 Å². The number of nitrogens with one attached hydrogen (secondary N) is 2. The van der Waals surface area contributed by atoms with Gasteiger partial charge in [-0.1, -0.05) is 34.1 Å². The highest BCUT2D eigenvalue weighted by Crippen LogP contribution is 2.31. The maximum atomic E-state index is 13.8. The molecule has 0 unspecified atom stereocenters. The first-order chi connectivity index (χ1) is 12.0. The third kappa shape index (κ3) is 4.50. The molecule has 2 aromatic rings. The fourth-order valence-electron chi connectivity index (χ4n) is 3.18.